The fourth-order valence-corrected chi connectivity index (χ4v) is 2.39. The maximum Gasteiger partial charge on any atom is 0.251 e. The highest BCUT2D eigenvalue weighted by atomic mass is 35.5. The largest absolute Gasteiger partial charge is 0.352 e. The van der Waals surface area contributed by atoms with Gasteiger partial charge >= 0.3 is 0 Å². The predicted molar refractivity (Wildman–Crippen MR) is 72.1 cm³/mol. The van der Waals surface area contributed by atoms with Gasteiger partial charge < -0.3 is 5.32 Å². The Morgan fingerprint density at radius 2 is 2.33 bits per heavy atom. The molecule has 0 unspecified atom stereocenters. The molecule has 4 nitrogen and oxygen atoms in total. The van der Waals surface area contributed by atoms with Crippen LogP contribution in [-0.4, -0.2) is 22.4 Å². The number of carbonyl (C=O) groups is 1. The second kappa shape index (κ2) is 5.93. The molecule has 2 aromatic rings. The molecule has 0 aliphatic carbocycles. The summed E-state index contributed by atoms with van der Waals surface area (Å²) in [5, 5.41) is 6.10. The zero-order valence-electron chi connectivity index (χ0n) is 9.81. The van der Waals surface area contributed by atoms with Crippen molar-refractivity contribution < 1.29 is 4.79 Å². The third kappa shape index (κ3) is 3.51. The van der Waals surface area contributed by atoms with E-state index >= 15 is 0 Å². The van der Waals surface area contributed by atoms with Crippen LogP contribution in [0.3, 0.4) is 0 Å². The maximum absolute atomic E-state index is 11.9. The van der Waals surface area contributed by atoms with Gasteiger partial charge in [-0.2, -0.15) is 0 Å². The molecule has 0 atom stereocenters. The normalized spacial score (nSPS) is 10.3. The van der Waals surface area contributed by atoms with E-state index in [4.69, 9.17) is 11.6 Å². The quantitative estimate of drug-likeness (QED) is 0.876. The van der Waals surface area contributed by atoms with Crippen LogP contribution < -0.4 is 5.32 Å². The van der Waals surface area contributed by atoms with Gasteiger partial charge in [0.15, 0.2) is 0 Å². The number of thiazole rings is 1. The van der Waals surface area contributed by atoms with E-state index in [1.807, 2.05) is 5.38 Å². The van der Waals surface area contributed by atoms with Gasteiger partial charge in [0, 0.05) is 35.8 Å². The predicted octanol–water partition coefficient (Wildman–Crippen LogP) is 2.47. The van der Waals surface area contributed by atoms with E-state index in [9.17, 15) is 4.79 Å². The molecule has 0 fully saturated rings. The molecule has 94 valence electrons. The van der Waals surface area contributed by atoms with Gasteiger partial charge in [-0.15, -0.1) is 11.3 Å². The van der Waals surface area contributed by atoms with E-state index in [2.05, 4.69) is 15.3 Å². The zero-order valence-corrected chi connectivity index (χ0v) is 11.4. The van der Waals surface area contributed by atoms with Crippen LogP contribution in [0.5, 0.6) is 0 Å². The van der Waals surface area contributed by atoms with Crippen LogP contribution in [0.1, 0.15) is 21.1 Å². The highest BCUT2D eigenvalue weighted by Gasteiger charge is 2.07. The molecule has 0 radical (unpaired) electrons. The molecule has 1 N–H and O–H groups in total. The fraction of sp³-hybridized carbons (Fsp3) is 0.250. The van der Waals surface area contributed by atoms with Crippen molar-refractivity contribution in [3.8, 4) is 0 Å². The standard InChI is InChI=1S/C12H12ClN3OS/c1-8-6-9(7-10(13)16-8)12(17)15-3-2-11-14-4-5-18-11/h4-7H,2-3H2,1H3,(H,15,17). The summed E-state index contributed by atoms with van der Waals surface area (Å²) in [4.78, 5) is 20.0. The van der Waals surface area contributed by atoms with Gasteiger partial charge in [-0.25, -0.2) is 9.97 Å². The number of aromatic nitrogens is 2. The lowest BCUT2D eigenvalue weighted by Crippen LogP contribution is -2.25. The Kier molecular flexibility index (Phi) is 4.28. The van der Waals surface area contributed by atoms with Crippen molar-refractivity contribution in [2.24, 2.45) is 0 Å². The first-order chi connectivity index (χ1) is 8.65. The summed E-state index contributed by atoms with van der Waals surface area (Å²) in [6.45, 7) is 2.36. The lowest BCUT2D eigenvalue weighted by molar-refractivity contribution is 0.0954. The number of pyridine rings is 1. The van der Waals surface area contributed by atoms with Crippen LogP contribution in [0, 0.1) is 6.92 Å². The summed E-state index contributed by atoms with van der Waals surface area (Å²) >= 11 is 7.39. The van der Waals surface area contributed by atoms with Crippen LogP contribution in [0.25, 0.3) is 0 Å². The smallest absolute Gasteiger partial charge is 0.251 e. The van der Waals surface area contributed by atoms with Crippen molar-refractivity contribution >= 4 is 28.8 Å². The molecule has 0 aliphatic rings. The number of hydrogen-bond acceptors (Lipinski definition) is 4. The van der Waals surface area contributed by atoms with Crippen molar-refractivity contribution in [2.75, 3.05) is 6.54 Å². The van der Waals surface area contributed by atoms with E-state index in [0.29, 0.717) is 17.3 Å². The van der Waals surface area contributed by atoms with Crippen molar-refractivity contribution in [3.63, 3.8) is 0 Å². The van der Waals surface area contributed by atoms with Crippen LogP contribution >= 0.6 is 22.9 Å². The Bertz CT molecular complexity index is 522. The molecule has 0 spiro atoms. The van der Waals surface area contributed by atoms with E-state index in [-0.39, 0.29) is 5.91 Å². The minimum Gasteiger partial charge on any atom is -0.352 e. The fourth-order valence-electron chi connectivity index (χ4n) is 1.52. The number of hydrogen-bond donors (Lipinski definition) is 1. The molecule has 2 aromatic heterocycles. The molecular formula is C12H12ClN3OS. The van der Waals surface area contributed by atoms with Crippen LogP contribution in [-0.2, 0) is 6.42 Å². The first kappa shape index (κ1) is 13.0. The molecule has 0 saturated heterocycles. The summed E-state index contributed by atoms with van der Waals surface area (Å²) in [6.07, 6.45) is 2.50. The molecule has 2 heterocycles. The van der Waals surface area contributed by atoms with Crippen molar-refractivity contribution in [3.05, 3.63) is 45.1 Å². The third-order valence-electron chi connectivity index (χ3n) is 2.29. The highest BCUT2D eigenvalue weighted by molar-refractivity contribution is 7.09. The first-order valence-corrected chi connectivity index (χ1v) is 6.71. The minimum atomic E-state index is -0.140. The van der Waals surface area contributed by atoms with Gasteiger partial charge in [0.25, 0.3) is 5.91 Å². The summed E-state index contributed by atoms with van der Waals surface area (Å²) in [6, 6.07) is 3.28. The second-order valence-electron chi connectivity index (χ2n) is 3.75. The minimum absolute atomic E-state index is 0.140. The van der Waals surface area contributed by atoms with Gasteiger partial charge in [-0.05, 0) is 19.1 Å². The number of nitrogens with one attached hydrogen (secondary N) is 1. The molecule has 18 heavy (non-hydrogen) atoms. The maximum atomic E-state index is 11.9. The summed E-state index contributed by atoms with van der Waals surface area (Å²) in [5.74, 6) is -0.140. The Morgan fingerprint density at radius 1 is 1.50 bits per heavy atom. The summed E-state index contributed by atoms with van der Waals surface area (Å²) < 4.78 is 0. The average Bonchev–Trinajstić information content (AvgIpc) is 2.80. The molecule has 0 saturated carbocycles. The summed E-state index contributed by atoms with van der Waals surface area (Å²) in [5.41, 5.74) is 1.26. The average molecular weight is 282 g/mol. The Balaban J connectivity index is 1.91. The van der Waals surface area contributed by atoms with Crippen LogP contribution in [0.15, 0.2) is 23.7 Å². The Labute approximate surface area is 114 Å². The van der Waals surface area contributed by atoms with Crippen LogP contribution in [0.2, 0.25) is 5.15 Å². The molecule has 0 aromatic carbocycles. The molecular weight excluding hydrogens is 270 g/mol. The molecule has 0 bridgehead atoms. The van der Waals surface area contributed by atoms with Gasteiger partial charge in [-0.3, -0.25) is 4.79 Å². The summed E-state index contributed by atoms with van der Waals surface area (Å²) in [7, 11) is 0. The zero-order chi connectivity index (χ0) is 13.0. The number of carbonyl (C=O) groups excluding carboxylic acids is 1. The Hall–Kier alpha value is -1.46. The van der Waals surface area contributed by atoms with E-state index < -0.39 is 0 Å². The number of rotatable bonds is 4. The molecule has 0 aliphatic heterocycles. The number of halogens is 1. The van der Waals surface area contributed by atoms with E-state index in [1.54, 1.807) is 36.6 Å². The first-order valence-electron chi connectivity index (χ1n) is 5.46. The third-order valence-corrected chi connectivity index (χ3v) is 3.33. The lowest BCUT2D eigenvalue weighted by Gasteiger charge is -2.05. The van der Waals surface area contributed by atoms with Crippen molar-refractivity contribution in [1.29, 1.82) is 0 Å². The Morgan fingerprint density at radius 3 is 3.00 bits per heavy atom. The molecule has 6 heteroatoms. The topological polar surface area (TPSA) is 54.9 Å². The number of aryl methyl sites for hydroxylation is 1. The number of nitrogens with zero attached hydrogens (tertiary/aromatic N) is 2. The SMILES string of the molecule is Cc1cc(C(=O)NCCc2nccs2)cc(Cl)n1. The van der Waals surface area contributed by atoms with Gasteiger partial charge in [0.2, 0.25) is 0 Å². The van der Waals surface area contributed by atoms with Crippen LogP contribution in [0.4, 0.5) is 0 Å². The van der Waals surface area contributed by atoms with Gasteiger partial charge in [0.1, 0.15) is 5.15 Å². The van der Waals surface area contributed by atoms with E-state index in [0.717, 1.165) is 17.1 Å². The second-order valence-corrected chi connectivity index (χ2v) is 5.12. The molecule has 2 rings (SSSR count). The lowest BCUT2D eigenvalue weighted by atomic mass is 10.2. The van der Waals surface area contributed by atoms with Gasteiger partial charge in [-0.1, -0.05) is 11.6 Å². The van der Waals surface area contributed by atoms with E-state index in [1.165, 1.54) is 0 Å². The monoisotopic (exact) mass is 281 g/mol. The molecule has 1 amide bonds. The highest BCUT2D eigenvalue weighted by Crippen LogP contribution is 2.10. The van der Waals surface area contributed by atoms with Crippen molar-refractivity contribution in [2.45, 2.75) is 13.3 Å². The van der Waals surface area contributed by atoms with Gasteiger partial charge in [0.05, 0.1) is 5.01 Å². The van der Waals surface area contributed by atoms with Crippen molar-refractivity contribution in [1.82, 2.24) is 15.3 Å². The number of amides is 1.